The Bertz CT molecular complexity index is 898. The highest BCUT2D eigenvalue weighted by atomic mass is 16.5. The summed E-state index contributed by atoms with van der Waals surface area (Å²) in [5, 5.41) is 0. The van der Waals surface area contributed by atoms with Gasteiger partial charge in [-0.1, -0.05) is 66.7 Å². The molecule has 0 unspecified atom stereocenters. The molecule has 3 rings (SSSR count). The minimum Gasteiger partial charge on any atom is -0.460 e. The molecule has 0 aromatic heterocycles. The van der Waals surface area contributed by atoms with Crippen molar-refractivity contribution in [2.45, 2.75) is 12.1 Å². The average Bonchev–Trinajstić information content (AvgIpc) is 2.95. The van der Waals surface area contributed by atoms with Gasteiger partial charge >= 0.3 is 5.97 Å². The summed E-state index contributed by atoms with van der Waals surface area (Å²) in [7, 11) is 0. The Morgan fingerprint density at radius 2 is 1.54 bits per heavy atom. The second-order valence-electron chi connectivity index (χ2n) is 6.49. The standard InChI is InChI=1S/C23H21NO4/c1-3-14-24(15-20(25)28-16-17-10-6-5-7-11-17)23(4-2)21(26)18-12-8-9-13-19(18)22(23)27/h3-13H,1-2,14-16H2. The first-order valence-corrected chi connectivity index (χ1v) is 8.92. The predicted molar refractivity (Wildman–Crippen MR) is 106 cm³/mol. The second-order valence-corrected chi connectivity index (χ2v) is 6.49. The molecular weight excluding hydrogens is 354 g/mol. The number of rotatable bonds is 8. The van der Waals surface area contributed by atoms with Crippen LogP contribution in [-0.2, 0) is 16.1 Å². The zero-order valence-electron chi connectivity index (χ0n) is 15.5. The minimum absolute atomic E-state index is 0.116. The lowest BCUT2D eigenvalue weighted by atomic mass is 9.90. The Labute approximate surface area is 163 Å². The Kier molecular flexibility index (Phi) is 5.66. The number of Topliss-reactive ketones (excluding diaryl/α,β-unsaturated/α-hetero) is 2. The van der Waals surface area contributed by atoms with E-state index in [0.29, 0.717) is 11.1 Å². The van der Waals surface area contributed by atoms with E-state index >= 15 is 0 Å². The molecule has 0 spiro atoms. The van der Waals surface area contributed by atoms with Crippen molar-refractivity contribution >= 4 is 17.5 Å². The summed E-state index contributed by atoms with van der Waals surface area (Å²) in [4.78, 5) is 40.1. The number of benzene rings is 2. The summed E-state index contributed by atoms with van der Waals surface area (Å²) < 4.78 is 5.33. The molecule has 0 N–H and O–H groups in total. The van der Waals surface area contributed by atoms with Crippen molar-refractivity contribution in [3.8, 4) is 0 Å². The van der Waals surface area contributed by atoms with Crippen LogP contribution in [-0.4, -0.2) is 41.1 Å². The minimum atomic E-state index is -1.64. The lowest BCUT2D eigenvalue weighted by Crippen LogP contribution is -2.57. The molecule has 2 aromatic carbocycles. The van der Waals surface area contributed by atoms with Crippen LogP contribution in [0.5, 0.6) is 0 Å². The van der Waals surface area contributed by atoms with E-state index in [9.17, 15) is 14.4 Å². The molecule has 142 valence electrons. The van der Waals surface area contributed by atoms with Crippen molar-refractivity contribution in [2.75, 3.05) is 13.1 Å². The van der Waals surface area contributed by atoms with Crippen molar-refractivity contribution in [3.63, 3.8) is 0 Å². The molecule has 0 amide bonds. The summed E-state index contributed by atoms with van der Waals surface area (Å²) in [6.07, 6.45) is 2.85. The first-order valence-electron chi connectivity index (χ1n) is 8.92. The quantitative estimate of drug-likeness (QED) is 0.403. The largest absolute Gasteiger partial charge is 0.460 e. The van der Waals surface area contributed by atoms with E-state index < -0.39 is 11.5 Å². The zero-order chi connectivity index (χ0) is 20.1. The fourth-order valence-electron chi connectivity index (χ4n) is 3.42. The highest BCUT2D eigenvalue weighted by molar-refractivity contribution is 6.34. The number of carbonyl (C=O) groups is 3. The monoisotopic (exact) mass is 375 g/mol. The normalized spacial score (nSPS) is 14.6. The SMILES string of the molecule is C=CCN(CC(=O)OCc1ccccc1)C1(C=C)C(=O)c2ccccc2C1=O. The number of ether oxygens (including phenoxy) is 1. The van der Waals surface area contributed by atoms with Gasteiger partial charge in [0.15, 0.2) is 17.1 Å². The summed E-state index contributed by atoms with van der Waals surface area (Å²) in [5.74, 6) is -1.31. The summed E-state index contributed by atoms with van der Waals surface area (Å²) >= 11 is 0. The van der Waals surface area contributed by atoms with Crippen LogP contribution in [0.1, 0.15) is 26.3 Å². The van der Waals surface area contributed by atoms with Crippen LogP contribution in [0.25, 0.3) is 0 Å². The molecule has 0 aliphatic heterocycles. The molecule has 5 heteroatoms. The van der Waals surface area contributed by atoms with Crippen molar-refractivity contribution < 1.29 is 19.1 Å². The maximum absolute atomic E-state index is 13.1. The third-order valence-corrected chi connectivity index (χ3v) is 4.81. The van der Waals surface area contributed by atoms with Crippen molar-refractivity contribution in [1.29, 1.82) is 0 Å². The first-order chi connectivity index (χ1) is 13.5. The van der Waals surface area contributed by atoms with E-state index in [1.807, 2.05) is 30.3 Å². The molecule has 0 fully saturated rings. The number of fused-ring (bicyclic) bond motifs is 1. The molecular formula is C23H21NO4. The van der Waals surface area contributed by atoms with Gasteiger partial charge in [0.1, 0.15) is 6.61 Å². The number of nitrogens with zero attached hydrogens (tertiary/aromatic N) is 1. The number of ketones is 2. The molecule has 0 radical (unpaired) electrons. The van der Waals surface area contributed by atoms with E-state index in [0.717, 1.165) is 5.56 Å². The van der Waals surface area contributed by atoms with Crippen LogP contribution in [0.3, 0.4) is 0 Å². The Morgan fingerprint density at radius 3 is 2.07 bits per heavy atom. The highest BCUT2D eigenvalue weighted by Gasteiger charge is 2.54. The van der Waals surface area contributed by atoms with Crippen LogP contribution in [0.2, 0.25) is 0 Å². The summed E-state index contributed by atoms with van der Waals surface area (Å²) in [6, 6.07) is 15.9. The van der Waals surface area contributed by atoms with Crippen LogP contribution < -0.4 is 0 Å². The van der Waals surface area contributed by atoms with Crippen molar-refractivity contribution in [3.05, 3.63) is 96.6 Å². The van der Waals surface area contributed by atoms with E-state index in [1.165, 1.54) is 11.0 Å². The van der Waals surface area contributed by atoms with Gasteiger partial charge < -0.3 is 4.74 Å². The first kappa shape index (κ1) is 19.5. The number of carbonyl (C=O) groups excluding carboxylic acids is 3. The fourth-order valence-corrected chi connectivity index (χ4v) is 3.42. The van der Waals surface area contributed by atoms with Gasteiger partial charge in [0.25, 0.3) is 0 Å². The average molecular weight is 375 g/mol. The van der Waals surface area contributed by atoms with Gasteiger partial charge in [-0.05, 0) is 5.56 Å². The number of hydrogen-bond acceptors (Lipinski definition) is 5. The third kappa shape index (κ3) is 3.32. The molecule has 0 bridgehead atoms. The summed E-state index contributed by atoms with van der Waals surface area (Å²) in [6.45, 7) is 7.45. The molecule has 2 aromatic rings. The topological polar surface area (TPSA) is 63.7 Å². The van der Waals surface area contributed by atoms with Crippen LogP contribution in [0.4, 0.5) is 0 Å². The highest BCUT2D eigenvalue weighted by Crippen LogP contribution is 2.35. The predicted octanol–water partition coefficient (Wildman–Crippen LogP) is 3.22. The van der Waals surface area contributed by atoms with Crippen molar-refractivity contribution in [1.82, 2.24) is 4.90 Å². The summed E-state index contributed by atoms with van der Waals surface area (Å²) in [5.41, 5.74) is -0.118. The fraction of sp³-hybridized carbons (Fsp3) is 0.174. The lowest BCUT2D eigenvalue weighted by molar-refractivity contribution is -0.146. The molecule has 1 aliphatic rings. The Hall–Kier alpha value is -3.31. The van der Waals surface area contributed by atoms with E-state index in [4.69, 9.17) is 4.74 Å². The van der Waals surface area contributed by atoms with Gasteiger partial charge in [-0.2, -0.15) is 0 Å². The van der Waals surface area contributed by atoms with Crippen LogP contribution >= 0.6 is 0 Å². The Morgan fingerprint density at radius 1 is 0.964 bits per heavy atom. The maximum Gasteiger partial charge on any atom is 0.320 e. The van der Waals surface area contributed by atoms with Gasteiger partial charge in [0.05, 0.1) is 6.54 Å². The number of esters is 1. The van der Waals surface area contributed by atoms with Gasteiger partial charge in [-0.3, -0.25) is 19.3 Å². The molecule has 0 atom stereocenters. The van der Waals surface area contributed by atoms with E-state index in [1.54, 1.807) is 30.3 Å². The van der Waals surface area contributed by atoms with Gasteiger partial charge in [0, 0.05) is 17.7 Å². The molecule has 0 saturated carbocycles. The van der Waals surface area contributed by atoms with E-state index in [-0.39, 0.29) is 31.3 Å². The van der Waals surface area contributed by atoms with Crippen LogP contribution in [0.15, 0.2) is 79.9 Å². The van der Waals surface area contributed by atoms with Gasteiger partial charge in [-0.25, -0.2) is 0 Å². The number of hydrogen-bond donors (Lipinski definition) is 0. The lowest BCUT2D eigenvalue weighted by Gasteiger charge is -2.34. The molecule has 0 saturated heterocycles. The zero-order valence-corrected chi connectivity index (χ0v) is 15.5. The van der Waals surface area contributed by atoms with E-state index in [2.05, 4.69) is 13.2 Å². The molecule has 0 heterocycles. The Balaban J connectivity index is 1.83. The third-order valence-electron chi connectivity index (χ3n) is 4.81. The van der Waals surface area contributed by atoms with Gasteiger partial charge in [0.2, 0.25) is 0 Å². The molecule has 5 nitrogen and oxygen atoms in total. The maximum atomic E-state index is 13.1. The van der Waals surface area contributed by atoms with Crippen molar-refractivity contribution in [2.24, 2.45) is 0 Å². The molecule has 28 heavy (non-hydrogen) atoms. The smallest absolute Gasteiger partial charge is 0.320 e. The van der Waals surface area contributed by atoms with Gasteiger partial charge in [-0.15, -0.1) is 13.2 Å². The molecule has 1 aliphatic carbocycles. The van der Waals surface area contributed by atoms with Crippen LogP contribution in [0, 0.1) is 0 Å². The second kappa shape index (κ2) is 8.15.